The fraction of sp³-hybridized carbons (Fsp3) is 0.455. The Balaban J connectivity index is 3.53. The van der Waals surface area contributed by atoms with Crippen molar-refractivity contribution < 1.29 is 4.11 Å². The molecule has 0 unspecified atom stereocenters. The van der Waals surface area contributed by atoms with Crippen molar-refractivity contribution in [1.82, 2.24) is 0 Å². The molecule has 1 aromatic rings. The molecule has 0 saturated heterocycles. The number of hydrogen-bond donors (Lipinski definition) is 0. The van der Waals surface area contributed by atoms with Crippen LogP contribution in [0.25, 0.3) is 0 Å². The molecular weight excluding hydrogens is 132 g/mol. The molecule has 60 valence electrons. The molecule has 0 aliphatic carbocycles. The highest BCUT2D eigenvalue weighted by Gasteiger charge is 2.12. The maximum Gasteiger partial charge on any atom is 0.0629 e. The molecule has 0 aliphatic rings. The smallest absolute Gasteiger partial charge is 0.0617 e. The fourth-order valence-corrected chi connectivity index (χ4v) is 0.880. The molecule has 11 heavy (non-hydrogen) atoms. The molecule has 0 N–H and O–H groups in total. The lowest BCUT2D eigenvalue weighted by Crippen LogP contribution is -2.10. The van der Waals surface area contributed by atoms with Crippen LogP contribution in [0.5, 0.6) is 0 Å². The van der Waals surface area contributed by atoms with Gasteiger partial charge in [0.05, 0.1) is 4.11 Å². The maximum atomic E-state index is 7.89. The summed E-state index contributed by atoms with van der Waals surface area (Å²) in [7, 11) is 0. The SMILES string of the molecule is [2H]c1cc([2H])c(C(C)(C)C)c([2H])c1C. The summed E-state index contributed by atoms with van der Waals surface area (Å²) in [5.74, 6) is 0. The van der Waals surface area contributed by atoms with Crippen LogP contribution in [0.1, 0.15) is 36.0 Å². The molecule has 1 aromatic carbocycles. The summed E-state index contributed by atoms with van der Waals surface area (Å²) >= 11 is 0. The van der Waals surface area contributed by atoms with Gasteiger partial charge in [-0.2, -0.15) is 0 Å². The van der Waals surface area contributed by atoms with Crippen LogP contribution in [-0.4, -0.2) is 0 Å². The van der Waals surface area contributed by atoms with Gasteiger partial charge in [-0.15, -0.1) is 0 Å². The molecule has 0 nitrogen and oxygen atoms in total. The summed E-state index contributed by atoms with van der Waals surface area (Å²) in [5.41, 5.74) is 1.18. The third-order valence-electron chi connectivity index (χ3n) is 1.57. The second-order valence-corrected chi connectivity index (χ2v) is 3.81. The second kappa shape index (κ2) is 2.69. The van der Waals surface area contributed by atoms with E-state index >= 15 is 0 Å². The zero-order valence-corrected chi connectivity index (χ0v) is 7.58. The van der Waals surface area contributed by atoms with E-state index in [1.807, 2.05) is 20.8 Å². The zero-order valence-electron chi connectivity index (χ0n) is 10.6. The normalized spacial score (nSPS) is 15.5. The maximum absolute atomic E-state index is 7.89. The highest BCUT2D eigenvalue weighted by Crippen LogP contribution is 2.22. The molecule has 0 amide bonds. The van der Waals surface area contributed by atoms with E-state index in [4.69, 9.17) is 4.11 Å². The first-order valence-electron chi connectivity index (χ1n) is 5.33. The van der Waals surface area contributed by atoms with Crippen LogP contribution in [0.3, 0.4) is 0 Å². The van der Waals surface area contributed by atoms with E-state index in [9.17, 15) is 0 Å². The van der Waals surface area contributed by atoms with Crippen molar-refractivity contribution in [3.63, 3.8) is 0 Å². The van der Waals surface area contributed by atoms with Crippen LogP contribution in [0.2, 0.25) is 0 Å². The largest absolute Gasteiger partial charge is 0.0629 e. The lowest BCUT2D eigenvalue weighted by molar-refractivity contribution is 0.590. The Kier molecular flexibility index (Phi) is 1.22. The number of hydrogen-bond acceptors (Lipinski definition) is 0. The van der Waals surface area contributed by atoms with E-state index in [1.165, 1.54) is 6.07 Å². The highest BCUT2D eigenvalue weighted by molar-refractivity contribution is 5.27. The fourth-order valence-electron chi connectivity index (χ4n) is 0.880. The summed E-state index contributed by atoms with van der Waals surface area (Å²) in [6.07, 6.45) is 0. The van der Waals surface area contributed by atoms with Gasteiger partial charge in [0, 0.05) is 0 Å². The van der Waals surface area contributed by atoms with Crippen LogP contribution in [0, 0.1) is 6.92 Å². The van der Waals surface area contributed by atoms with Gasteiger partial charge in [-0.1, -0.05) is 50.5 Å². The molecule has 0 atom stereocenters. The Morgan fingerprint density at radius 3 is 2.45 bits per heavy atom. The van der Waals surface area contributed by atoms with Gasteiger partial charge in [-0.3, -0.25) is 0 Å². The van der Waals surface area contributed by atoms with Crippen LogP contribution >= 0.6 is 0 Å². The highest BCUT2D eigenvalue weighted by atomic mass is 14.2. The summed E-state index contributed by atoms with van der Waals surface area (Å²) < 4.78 is 23.2. The molecule has 1 rings (SSSR count). The average Bonchev–Trinajstić information content (AvgIpc) is 1.97. The lowest BCUT2D eigenvalue weighted by Gasteiger charge is -2.19. The van der Waals surface area contributed by atoms with E-state index in [0.29, 0.717) is 17.6 Å². The molecule has 0 heteroatoms. The third kappa shape index (κ3) is 2.07. The molecule has 0 saturated carbocycles. The number of rotatable bonds is 0. The number of benzene rings is 1. The Labute approximate surface area is 73.5 Å². The molecule has 0 fully saturated rings. The third-order valence-corrected chi connectivity index (χ3v) is 1.57. The first-order chi connectivity index (χ1) is 6.25. The van der Waals surface area contributed by atoms with Crippen molar-refractivity contribution in [3.8, 4) is 0 Å². The van der Waals surface area contributed by atoms with Gasteiger partial charge in [0.2, 0.25) is 0 Å². The standard InChI is InChI=1S/C11H16/c1-9-6-5-7-10(8-9)11(2,3)4/h5-8H,1-4H3/i6D,7D,8D. The first-order valence-corrected chi connectivity index (χ1v) is 3.83. The van der Waals surface area contributed by atoms with Gasteiger partial charge in [0.15, 0.2) is 0 Å². The zero-order chi connectivity index (χ0) is 11.1. The minimum atomic E-state index is -0.202. The van der Waals surface area contributed by atoms with Crippen molar-refractivity contribution in [2.45, 2.75) is 33.1 Å². The Hall–Kier alpha value is -0.780. The summed E-state index contributed by atoms with van der Waals surface area (Å²) in [6, 6.07) is 2.45. The van der Waals surface area contributed by atoms with Crippen LogP contribution in [0.15, 0.2) is 24.2 Å². The molecule has 0 spiro atoms. The second-order valence-electron chi connectivity index (χ2n) is 3.81. The summed E-state index contributed by atoms with van der Waals surface area (Å²) in [5, 5.41) is 0. The Bertz CT molecular complexity index is 362. The van der Waals surface area contributed by atoms with Crippen molar-refractivity contribution in [3.05, 3.63) is 35.3 Å². The topological polar surface area (TPSA) is 0 Å². The minimum absolute atomic E-state index is 0.202. The average molecular weight is 151 g/mol. The van der Waals surface area contributed by atoms with E-state index in [0.717, 1.165) is 5.56 Å². The molecule has 0 aromatic heterocycles. The van der Waals surface area contributed by atoms with Crippen molar-refractivity contribution in [1.29, 1.82) is 0 Å². The summed E-state index contributed by atoms with van der Waals surface area (Å²) in [4.78, 5) is 0. The minimum Gasteiger partial charge on any atom is -0.0617 e. The van der Waals surface area contributed by atoms with E-state index < -0.39 is 0 Å². The van der Waals surface area contributed by atoms with Gasteiger partial charge < -0.3 is 0 Å². The van der Waals surface area contributed by atoms with Gasteiger partial charge >= 0.3 is 0 Å². The van der Waals surface area contributed by atoms with E-state index in [1.54, 1.807) is 6.92 Å². The Morgan fingerprint density at radius 2 is 1.91 bits per heavy atom. The van der Waals surface area contributed by atoms with E-state index in [2.05, 4.69) is 0 Å². The molecular formula is C11H16. The lowest BCUT2D eigenvalue weighted by atomic mass is 9.86. The van der Waals surface area contributed by atoms with E-state index in [-0.39, 0.29) is 11.5 Å². The Morgan fingerprint density at radius 1 is 1.27 bits per heavy atom. The molecule has 0 radical (unpaired) electrons. The van der Waals surface area contributed by atoms with Crippen LogP contribution < -0.4 is 0 Å². The molecule has 0 aliphatic heterocycles. The molecule has 0 heterocycles. The van der Waals surface area contributed by atoms with Crippen LogP contribution in [-0.2, 0) is 5.41 Å². The molecule has 0 bridgehead atoms. The van der Waals surface area contributed by atoms with Gasteiger partial charge in [-0.05, 0) is 17.9 Å². The van der Waals surface area contributed by atoms with Crippen molar-refractivity contribution in [2.75, 3.05) is 0 Å². The van der Waals surface area contributed by atoms with Crippen LogP contribution in [0.4, 0.5) is 0 Å². The predicted octanol–water partition coefficient (Wildman–Crippen LogP) is 3.29. The predicted molar refractivity (Wildman–Crippen MR) is 49.9 cm³/mol. The first kappa shape index (κ1) is 4.97. The van der Waals surface area contributed by atoms with Gasteiger partial charge in [-0.25, -0.2) is 0 Å². The summed E-state index contributed by atoms with van der Waals surface area (Å²) in [6.45, 7) is 7.73. The van der Waals surface area contributed by atoms with Gasteiger partial charge in [0.1, 0.15) is 0 Å². The van der Waals surface area contributed by atoms with Crippen molar-refractivity contribution in [2.24, 2.45) is 0 Å². The quantitative estimate of drug-likeness (QED) is 0.533. The monoisotopic (exact) mass is 151 g/mol. The van der Waals surface area contributed by atoms with Gasteiger partial charge in [0.25, 0.3) is 0 Å². The van der Waals surface area contributed by atoms with Crippen molar-refractivity contribution >= 4 is 0 Å².